The maximum atomic E-state index is 12.4. The molecule has 0 aliphatic heterocycles. The van der Waals surface area contributed by atoms with E-state index in [0.717, 1.165) is 0 Å². The van der Waals surface area contributed by atoms with E-state index in [-0.39, 0.29) is 5.57 Å². The fraction of sp³-hybridized carbons (Fsp3) is 0. The van der Waals surface area contributed by atoms with Gasteiger partial charge in [-0.05, 0) is 48.5 Å². The molecule has 0 radical (unpaired) electrons. The topological polar surface area (TPSA) is 66.0 Å². The Bertz CT molecular complexity index is 1110. The Morgan fingerprint density at radius 1 is 0.964 bits per heavy atom. The number of nitriles is 1. The fourth-order valence-electron chi connectivity index (χ4n) is 2.35. The zero-order valence-corrected chi connectivity index (χ0v) is 17.0. The van der Waals surface area contributed by atoms with Crippen LogP contribution in [0.3, 0.4) is 0 Å². The molecule has 0 aliphatic carbocycles. The number of rotatable bonds is 4. The summed E-state index contributed by atoms with van der Waals surface area (Å²) < 4.78 is 5.68. The second kappa shape index (κ2) is 8.72. The number of anilines is 1. The number of carbonyl (C=O) groups is 1. The molecule has 2 aromatic carbocycles. The third-order valence-corrected chi connectivity index (χ3v) is 4.78. The molecule has 1 aromatic heterocycles. The highest BCUT2D eigenvalue weighted by molar-refractivity contribution is 6.42. The number of hydrogen-bond donors (Lipinski definition) is 1. The number of hydrogen-bond acceptors (Lipinski definition) is 3. The molecule has 140 valence electrons. The molecule has 0 fully saturated rings. The van der Waals surface area contributed by atoms with Gasteiger partial charge in [-0.2, -0.15) is 5.26 Å². The first-order valence-electron chi connectivity index (χ1n) is 7.80. The lowest BCUT2D eigenvalue weighted by Gasteiger charge is -2.05. The van der Waals surface area contributed by atoms with Gasteiger partial charge in [0.25, 0.3) is 5.91 Å². The zero-order chi connectivity index (χ0) is 20.3. The molecule has 0 spiro atoms. The average molecular weight is 452 g/mol. The Kier molecular flexibility index (Phi) is 6.33. The Morgan fingerprint density at radius 3 is 2.32 bits per heavy atom. The van der Waals surface area contributed by atoms with Crippen LogP contribution in [-0.4, -0.2) is 5.91 Å². The van der Waals surface area contributed by atoms with Crippen LogP contribution in [-0.2, 0) is 4.79 Å². The second-order valence-electron chi connectivity index (χ2n) is 5.61. The molecule has 3 rings (SSSR count). The molecular weight excluding hydrogens is 442 g/mol. The minimum absolute atomic E-state index is 0.147. The molecule has 8 heteroatoms. The highest BCUT2D eigenvalue weighted by Crippen LogP contribution is 2.30. The van der Waals surface area contributed by atoms with Crippen LogP contribution in [0.4, 0.5) is 5.69 Å². The lowest BCUT2D eigenvalue weighted by atomic mass is 10.2. The lowest BCUT2D eigenvalue weighted by Crippen LogP contribution is -2.13. The molecular formula is C20H10Cl4N2O2. The molecule has 0 saturated carbocycles. The molecule has 1 heterocycles. The van der Waals surface area contributed by atoms with Crippen LogP contribution in [0.5, 0.6) is 0 Å². The fourth-order valence-corrected chi connectivity index (χ4v) is 3.17. The number of nitrogens with one attached hydrogen (secondary N) is 1. The quantitative estimate of drug-likeness (QED) is 0.339. The van der Waals surface area contributed by atoms with Crippen molar-refractivity contribution in [3.8, 4) is 17.4 Å². The van der Waals surface area contributed by atoms with Crippen molar-refractivity contribution in [2.75, 3.05) is 5.32 Å². The monoisotopic (exact) mass is 450 g/mol. The lowest BCUT2D eigenvalue weighted by molar-refractivity contribution is -0.112. The van der Waals surface area contributed by atoms with Gasteiger partial charge in [0.1, 0.15) is 23.2 Å². The Morgan fingerprint density at radius 2 is 1.68 bits per heavy atom. The summed E-state index contributed by atoms with van der Waals surface area (Å²) in [7, 11) is 0. The molecule has 28 heavy (non-hydrogen) atoms. The van der Waals surface area contributed by atoms with Crippen molar-refractivity contribution in [1.29, 1.82) is 5.26 Å². The number of furan rings is 1. The molecule has 0 atom stereocenters. The minimum atomic E-state index is -0.617. The number of carbonyl (C=O) groups excluding carboxylic acids is 1. The summed E-state index contributed by atoms with van der Waals surface area (Å²) in [6.45, 7) is 0. The zero-order valence-electron chi connectivity index (χ0n) is 14.0. The van der Waals surface area contributed by atoms with Gasteiger partial charge in [0.15, 0.2) is 0 Å². The van der Waals surface area contributed by atoms with E-state index >= 15 is 0 Å². The summed E-state index contributed by atoms with van der Waals surface area (Å²) in [4.78, 5) is 12.4. The van der Waals surface area contributed by atoms with E-state index in [0.29, 0.717) is 42.9 Å². The van der Waals surface area contributed by atoms with Crippen LogP contribution in [0.25, 0.3) is 17.4 Å². The van der Waals surface area contributed by atoms with Crippen LogP contribution >= 0.6 is 46.4 Å². The maximum Gasteiger partial charge on any atom is 0.266 e. The van der Waals surface area contributed by atoms with Crippen molar-refractivity contribution in [1.82, 2.24) is 0 Å². The van der Waals surface area contributed by atoms with Crippen LogP contribution in [0.1, 0.15) is 5.76 Å². The van der Waals surface area contributed by atoms with E-state index in [1.54, 1.807) is 30.3 Å². The van der Waals surface area contributed by atoms with Crippen LogP contribution in [0.2, 0.25) is 20.1 Å². The van der Waals surface area contributed by atoms with Crippen molar-refractivity contribution in [2.24, 2.45) is 0 Å². The highest BCUT2D eigenvalue weighted by atomic mass is 35.5. The molecule has 1 amide bonds. The Balaban J connectivity index is 1.82. The van der Waals surface area contributed by atoms with Gasteiger partial charge in [-0.1, -0.05) is 46.4 Å². The predicted octanol–water partition coefficient (Wildman–Crippen LogP) is 7.11. The molecule has 0 unspecified atom stereocenters. The largest absolute Gasteiger partial charge is 0.457 e. The number of halogens is 4. The summed E-state index contributed by atoms with van der Waals surface area (Å²) >= 11 is 23.8. The van der Waals surface area contributed by atoms with Gasteiger partial charge in [0, 0.05) is 27.4 Å². The Hall–Kier alpha value is -2.42. The first-order valence-corrected chi connectivity index (χ1v) is 9.31. The van der Waals surface area contributed by atoms with E-state index < -0.39 is 5.91 Å². The summed E-state index contributed by atoms with van der Waals surface area (Å²) in [5, 5.41) is 13.5. The van der Waals surface area contributed by atoms with Crippen LogP contribution < -0.4 is 5.32 Å². The first kappa shape index (κ1) is 20.3. The van der Waals surface area contributed by atoms with Crippen LogP contribution in [0, 0.1) is 11.3 Å². The van der Waals surface area contributed by atoms with Gasteiger partial charge < -0.3 is 9.73 Å². The van der Waals surface area contributed by atoms with Crippen molar-refractivity contribution >= 4 is 64.1 Å². The summed E-state index contributed by atoms with van der Waals surface area (Å²) in [6, 6.07) is 14.8. The van der Waals surface area contributed by atoms with Crippen molar-refractivity contribution in [3.05, 3.63) is 80.0 Å². The van der Waals surface area contributed by atoms with Gasteiger partial charge in [0.05, 0.1) is 10.0 Å². The van der Waals surface area contributed by atoms with E-state index in [1.165, 1.54) is 24.3 Å². The molecule has 0 bridgehead atoms. The van der Waals surface area contributed by atoms with Gasteiger partial charge in [0.2, 0.25) is 0 Å². The third kappa shape index (κ3) is 4.89. The predicted molar refractivity (Wildman–Crippen MR) is 113 cm³/mol. The van der Waals surface area contributed by atoms with E-state index in [9.17, 15) is 10.1 Å². The molecule has 0 saturated heterocycles. The molecule has 3 aromatic rings. The summed E-state index contributed by atoms with van der Waals surface area (Å²) in [6.07, 6.45) is 1.34. The standard InChI is InChI=1S/C20H10Cl4N2O2/c21-13-7-14(22)9-15(8-13)26-20(27)12(10-25)5-16-2-4-19(28-16)11-1-3-17(23)18(24)6-11/h1-9H,(H,26,27). The van der Waals surface area contributed by atoms with Crippen LogP contribution in [0.15, 0.2) is 58.5 Å². The van der Waals surface area contributed by atoms with Gasteiger partial charge in [-0.25, -0.2) is 0 Å². The second-order valence-corrected chi connectivity index (χ2v) is 7.30. The number of amides is 1. The Labute approximate surface area is 180 Å². The number of nitrogens with zero attached hydrogens (tertiary/aromatic N) is 1. The van der Waals surface area contributed by atoms with Gasteiger partial charge >= 0.3 is 0 Å². The number of benzene rings is 2. The van der Waals surface area contributed by atoms with E-state index in [1.807, 2.05) is 6.07 Å². The van der Waals surface area contributed by atoms with E-state index in [2.05, 4.69) is 5.32 Å². The van der Waals surface area contributed by atoms with Crippen molar-refractivity contribution in [3.63, 3.8) is 0 Å². The maximum absolute atomic E-state index is 12.4. The minimum Gasteiger partial charge on any atom is -0.457 e. The molecule has 1 N–H and O–H groups in total. The first-order chi connectivity index (χ1) is 13.4. The highest BCUT2D eigenvalue weighted by Gasteiger charge is 2.13. The molecule has 0 aliphatic rings. The summed E-state index contributed by atoms with van der Waals surface area (Å²) in [5.41, 5.74) is 0.941. The smallest absolute Gasteiger partial charge is 0.266 e. The van der Waals surface area contributed by atoms with Crippen molar-refractivity contribution < 1.29 is 9.21 Å². The van der Waals surface area contributed by atoms with Gasteiger partial charge in [-0.15, -0.1) is 0 Å². The van der Waals surface area contributed by atoms with Gasteiger partial charge in [-0.3, -0.25) is 4.79 Å². The normalized spacial score (nSPS) is 11.2. The SMILES string of the molecule is N#CC(=Cc1ccc(-c2ccc(Cl)c(Cl)c2)o1)C(=O)Nc1cc(Cl)cc(Cl)c1. The van der Waals surface area contributed by atoms with E-state index in [4.69, 9.17) is 50.8 Å². The molecule has 4 nitrogen and oxygen atoms in total. The third-order valence-electron chi connectivity index (χ3n) is 3.60. The van der Waals surface area contributed by atoms with Crippen molar-refractivity contribution in [2.45, 2.75) is 0 Å². The average Bonchev–Trinajstić information content (AvgIpc) is 3.09. The summed E-state index contributed by atoms with van der Waals surface area (Å²) in [5.74, 6) is 0.231.